The molecule has 0 aliphatic heterocycles. The number of aromatic nitrogens is 2. The lowest BCUT2D eigenvalue weighted by Crippen LogP contribution is -2.26. The molecule has 118 valence electrons. The molecule has 0 unspecified atom stereocenters. The molecule has 3 aromatic rings. The number of benzene rings is 2. The van der Waals surface area contributed by atoms with Gasteiger partial charge in [-0.15, -0.1) is 0 Å². The van der Waals surface area contributed by atoms with E-state index in [1.165, 1.54) is 0 Å². The zero-order chi connectivity index (χ0) is 16.2. The molecular weight excluding hydrogens is 286 g/mol. The van der Waals surface area contributed by atoms with Gasteiger partial charge in [-0.2, -0.15) is 5.10 Å². The minimum Gasteiger partial charge on any atom is -0.315 e. The van der Waals surface area contributed by atoms with Gasteiger partial charge in [-0.05, 0) is 43.5 Å². The molecule has 1 amide bonds. The second-order valence-electron chi connectivity index (χ2n) is 5.86. The predicted octanol–water partition coefficient (Wildman–Crippen LogP) is 3.86. The Hall–Kier alpha value is -2.62. The van der Waals surface area contributed by atoms with Crippen molar-refractivity contribution in [1.82, 2.24) is 10.2 Å². The van der Waals surface area contributed by atoms with Crippen molar-refractivity contribution < 1.29 is 4.79 Å². The highest BCUT2D eigenvalue weighted by molar-refractivity contribution is 5.92. The van der Waals surface area contributed by atoms with E-state index in [1.807, 2.05) is 56.4 Å². The fourth-order valence-electron chi connectivity index (χ4n) is 2.77. The minimum absolute atomic E-state index is 0.138. The van der Waals surface area contributed by atoms with Gasteiger partial charge in [0.15, 0.2) is 0 Å². The van der Waals surface area contributed by atoms with Crippen LogP contribution in [0, 0.1) is 6.92 Å². The summed E-state index contributed by atoms with van der Waals surface area (Å²) < 4.78 is 0. The first-order valence-corrected chi connectivity index (χ1v) is 7.90. The van der Waals surface area contributed by atoms with Crippen molar-refractivity contribution in [3.63, 3.8) is 0 Å². The summed E-state index contributed by atoms with van der Waals surface area (Å²) in [5, 5.41) is 8.51. The van der Waals surface area contributed by atoms with E-state index in [1.54, 1.807) is 4.90 Å². The summed E-state index contributed by atoms with van der Waals surface area (Å²) in [6.07, 6.45) is 2.16. The molecule has 23 heavy (non-hydrogen) atoms. The number of nitrogens with zero attached hydrogens (tertiary/aromatic N) is 2. The Kier molecular flexibility index (Phi) is 4.42. The van der Waals surface area contributed by atoms with E-state index in [4.69, 9.17) is 0 Å². The van der Waals surface area contributed by atoms with Crippen LogP contribution in [0.4, 0.5) is 5.69 Å². The number of nitrogens with one attached hydrogen (secondary N) is 1. The first-order chi connectivity index (χ1) is 11.1. The largest absolute Gasteiger partial charge is 0.315 e. The standard InChI is InChI=1S/C19H21N3O/c1-14-7-5-8-15(13-14)22(2)19(23)12-6-11-18-16-9-3-4-10-17(16)20-21-18/h3-5,7-10,13H,6,11-12H2,1-2H3,(H,20,21). The van der Waals surface area contributed by atoms with Crippen LogP contribution in [-0.4, -0.2) is 23.2 Å². The summed E-state index contributed by atoms with van der Waals surface area (Å²) in [7, 11) is 1.84. The van der Waals surface area contributed by atoms with Crippen LogP contribution in [0.15, 0.2) is 48.5 Å². The Labute approximate surface area is 136 Å². The van der Waals surface area contributed by atoms with Crippen LogP contribution in [0.25, 0.3) is 10.9 Å². The van der Waals surface area contributed by atoms with Gasteiger partial charge in [0.25, 0.3) is 0 Å². The molecular formula is C19H21N3O. The van der Waals surface area contributed by atoms with Crippen molar-refractivity contribution in [2.24, 2.45) is 0 Å². The second kappa shape index (κ2) is 6.65. The fraction of sp³-hybridized carbons (Fsp3) is 0.263. The van der Waals surface area contributed by atoms with Gasteiger partial charge in [0, 0.05) is 30.2 Å². The number of para-hydroxylation sites is 1. The molecule has 3 rings (SSSR count). The number of anilines is 1. The van der Waals surface area contributed by atoms with E-state index in [0.29, 0.717) is 6.42 Å². The summed E-state index contributed by atoms with van der Waals surface area (Å²) in [6.45, 7) is 2.03. The SMILES string of the molecule is Cc1cccc(N(C)C(=O)CCCc2[nH]nc3ccccc23)c1. The molecule has 0 bridgehead atoms. The lowest BCUT2D eigenvalue weighted by molar-refractivity contribution is -0.118. The third-order valence-corrected chi connectivity index (χ3v) is 4.12. The lowest BCUT2D eigenvalue weighted by atomic mass is 10.1. The first-order valence-electron chi connectivity index (χ1n) is 7.90. The van der Waals surface area contributed by atoms with Crippen molar-refractivity contribution in [3.8, 4) is 0 Å². The average Bonchev–Trinajstić information content (AvgIpc) is 2.97. The van der Waals surface area contributed by atoms with Gasteiger partial charge in [0.2, 0.25) is 5.91 Å². The molecule has 0 saturated carbocycles. The number of hydrogen-bond donors (Lipinski definition) is 1. The average molecular weight is 307 g/mol. The zero-order valence-electron chi connectivity index (χ0n) is 13.5. The van der Waals surface area contributed by atoms with Crippen LogP contribution in [-0.2, 0) is 11.2 Å². The summed E-state index contributed by atoms with van der Waals surface area (Å²) in [4.78, 5) is 14.1. The third kappa shape index (κ3) is 3.42. The molecule has 4 heteroatoms. The molecule has 0 aliphatic carbocycles. The van der Waals surface area contributed by atoms with E-state index in [9.17, 15) is 4.79 Å². The van der Waals surface area contributed by atoms with Crippen LogP contribution in [0.3, 0.4) is 0 Å². The fourth-order valence-corrected chi connectivity index (χ4v) is 2.77. The normalized spacial score (nSPS) is 10.9. The van der Waals surface area contributed by atoms with Gasteiger partial charge < -0.3 is 4.90 Å². The van der Waals surface area contributed by atoms with Crippen molar-refractivity contribution in [2.45, 2.75) is 26.2 Å². The maximum atomic E-state index is 12.3. The maximum Gasteiger partial charge on any atom is 0.226 e. The van der Waals surface area contributed by atoms with Gasteiger partial charge >= 0.3 is 0 Å². The predicted molar refractivity (Wildman–Crippen MR) is 93.6 cm³/mol. The van der Waals surface area contributed by atoms with Gasteiger partial charge in [-0.25, -0.2) is 0 Å². The van der Waals surface area contributed by atoms with E-state index in [0.717, 1.165) is 40.7 Å². The van der Waals surface area contributed by atoms with Crippen LogP contribution in [0.5, 0.6) is 0 Å². The Morgan fingerprint density at radius 1 is 1.17 bits per heavy atom. The smallest absolute Gasteiger partial charge is 0.226 e. The Morgan fingerprint density at radius 3 is 2.83 bits per heavy atom. The van der Waals surface area contributed by atoms with Crippen LogP contribution >= 0.6 is 0 Å². The topological polar surface area (TPSA) is 49.0 Å². The Morgan fingerprint density at radius 2 is 2.00 bits per heavy atom. The first kappa shape index (κ1) is 15.3. The number of rotatable bonds is 5. The number of carbonyl (C=O) groups excluding carboxylic acids is 1. The molecule has 0 atom stereocenters. The molecule has 0 spiro atoms. The molecule has 0 aliphatic rings. The van der Waals surface area contributed by atoms with E-state index >= 15 is 0 Å². The number of hydrogen-bond acceptors (Lipinski definition) is 2. The number of H-pyrrole nitrogens is 1. The van der Waals surface area contributed by atoms with Gasteiger partial charge in [0.1, 0.15) is 0 Å². The number of fused-ring (bicyclic) bond motifs is 1. The van der Waals surface area contributed by atoms with Crippen LogP contribution < -0.4 is 4.90 Å². The minimum atomic E-state index is 0.138. The number of aromatic amines is 1. The molecule has 0 fully saturated rings. The maximum absolute atomic E-state index is 12.3. The third-order valence-electron chi connectivity index (χ3n) is 4.12. The van der Waals surface area contributed by atoms with Crippen molar-refractivity contribution in [3.05, 3.63) is 59.8 Å². The highest BCUT2D eigenvalue weighted by Crippen LogP contribution is 2.19. The monoisotopic (exact) mass is 307 g/mol. The lowest BCUT2D eigenvalue weighted by Gasteiger charge is -2.17. The van der Waals surface area contributed by atoms with E-state index < -0.39 is 0 Å². The summed E-state index contributed by atoms with van der Waals surface area (Å²) in [5.41, 5.74) is 4.19. The molecule has 1 heterocycles. The highest BCUT2D eigenvalue weighted by atomic mass is 16.2. The highest BCUT2D eigenvalue weighted by Gasteiger charge is 2.11. The molecule has 0 saturated heterocycles. The summed E-state index contributed by atoms with van der Waals surface area (Å²) in [6, 6.07) is 16.1. The summed E-state index contributed by atoms with van der Waals surface area (Å²) in [5.74, 6) is 0.138. The van der Waals surface area contributed by atoms with Crippen molar-refractivity contribution in [1.29, 1.82) is 0 Å². The van der Waals surface area contributed by atoms with Gasteiger partial charge in [-0.1, -0.05) is 30.3 Å². The quantitative estimate of drug-likeness (QED) is 0.778. The van der Waals surface area contributed by atoms with Crippen LogP contribution in [0.1, 0.15) is 24.1 Å². The van der Waals surface area contributed by atoms with E-state index in [2.05, 4.69) is 16.3 Å². The van der Waals surface area contributed by atoms with Gasteiger partial charge in [-0.3, -0.25) is 9.89 Å². The molecule has 2 aromatic carbocycles. The Balaban J connectivity index is 1.59. The number of amides is 1. The van der Waals surface area contributed by atoms with Crippen molar-refractivity contribution in [2.75, 3.05) is 11.9 Å². The number of aryl methyl sites for hydroxylation is 2. The molecule has 0 radical (unpaired) electrons. The molecule has 4 nitrogen and oxygen atoms in total. The van der Waals surface area contributed by atoms with Crippen LogP contribution in [0.2, 0.25) is 0 Å². The Bertz CT molecular complexity index is 822. The second-order valence-corrected chi connectivity index (χ2v) is 5.86. The summed E-state index contributed by atoms with van der Waals surface area (Å²) >= 11 is 0. The van der Waals surface area contributed by atoms with E-state index in [-0.39, 0.29) is 5.91 Å². The van der Waals surface area contributed by atoms with Crippen molar-refractivity contribution >= 4 is 22.5 Å². The zero-order valence-corrected chi connectivity index (χ0v) is 13.5. The molecule has 1 N–H and O–H groups in total. The number of carbonyl (C=O) groups is 1. The molecule has 1 aromatic heterocycles. The van der Waals surface area contributed by atoms with Gasteiger partial charge in [0.05, 0.1) is 5.52 Å².